The maximum Gasteiger partial charge on any atom is 0.0681 e. The van der Waals surface area contributed by atoms with Gasteiger partial charge >= 0.3 is 0 Å². The molecule has 0 bridgehead atoms. The van der Waals surface area contributed by atoms with Gasteiger partial charge in [-0.15, -0.1) is 0 Å². The van der Waals surface area contributed by atoms with E-state index in [-0.39, 0.29) is 0 Å². The Labute approximate surface area is 299 Å². The predicted octanol–water partition coefficient (Wildman–Crippen LogP) is 13.3. The first kappa shape index (κ1) is 28.5. The highest BCUT2D eigenvalue weighted by Gasteiger charge is 2.24. The van der Waals surface area contributed by atoms with Crippen LogP contribution in [0.15, 0.2) is 192 Å². The van der Waals surface area contributed by atoms with Gasteiger partial charge in [0.2, 0.25) is 0 Å². The van der Waals surface area contributed by atoms with Crippen molar-refractivity contribution < 1.29 is 0 Å². The summed E-state index contributed by atoms with van der Waals surface area (Å²) >= 11 is 1.87. The van der Waals surface area contributed by atoms with Crippen molar-refractivity contribution in [3.8, 4) is 44.8 Å². The van der Waals surface area contributed by atoms with Crippen LogP contribution in [0.1, 0.15) is 0 Å². The van der Waals surface area contributed by atoms with Crippen molar-refractivity contribution in [3.63, 3.8) is 0 Å². The van der Waals surface area contributed by atoms with Gasteiger partial charge in [-0.1, -0.05) is 133 Å². The molecule has 1 aliphatic rings. The Balaban J connectivity index is 1.09. The molecule has 0 amide bonds. The summed E-state index contributed by atoms with van der Waals surface area (Å²) in [5.41, 5.74) is 14.7. The molecule has 51 heavy (non-hydrogen) atoms. The smallest absolute Gasteiger partial charge is 0.0681 e. The number of hydrogen-bond acceptors (Lipinski definition) is 1. The lowest BCUT2D eigenvalue weighted by atomic mass is 9.99. The Morgan fingerprint density at radius 3 is 1.63 bits per heavy atom. The van der Waals surface area contributed by atoms with Crippen LogP contribution in [-0.2, 0) is 0 Å². The minimum absolute atomic E-state index is 1.15. The Morgan fingerprint density at radius 2 is 0.941 bits per heavy atom. The molecular formula is C48H30N2S. The van der Waals surface area contributed by atoms with Crippen LogP contribution >= 0.6 is 11.8 Å². The first-order chi connectivity index (χ1) is 25.3. The fourth-order valence-corrected chi connectivity index (χ4v) is 9.31. The van der Waals surface area contributed by atoms with Crippen LogP contribution < -0.4 is 0 Å². The first-order valence-corrected chi connectivity index (χ1v) is 18.3. The summed E-state index contributed by atoms with van der Waals surface area (Å²) < 4.78 is 4.89. The molecule has 2 aromatic heterocycles. The van der Waals surface area contributed by atoms with Crippen molar-refractivity contribution in [2.45, 2.75) is 9.79 Å². The molecule has 238 valence electrons. The van der Waals surface area contributed by atoms with E-state index in [1.54, 1.807) is 0 Å². The largest absolute Gasteiger partial charge is 0.309 e. The molecule has 8 aromatic carbocycles. The predicted molar refractivity (Wildman–Crippen MR) is 216 cm³/mol. The Bertz CT molecular complexity index is 2870. The Morgan fingerprint density at radius 1 is 0.353 bits per heavy atom. The van der Waals surface area contributed by atoms with Crippen LogP contribution in [0, 0.1) is 0 Å². The fraction of sp³-hybridized carbons (Fsp3) is 0. The van der Waals surface area contributed by atoms with Gasteiger partial charge in [0.25, 0.3) is 0 Å². The average Bonchev–Trinajstić information content (AvgIpc) is 3.72. The van der Waals surface area contributed by atoms with E-state index in [9.17, 15) is 0 Å². The normalized spacial score (nSPS) is 12.2. The minimum Gasteiger partial charge on any atom is -0.309 e. The van der Waals surface area contributed by atoms with Gasteiger partial charge in [-0.05, 0) is 94.0 Å². The summed E-state index contributed by atoms with van der Waals surface area (Å²) in [6.07, 6.45) is 0. The van der Waals surface area contributed by atoms with E-state index in [1.807, 2.05) is 11.8 Å². The fourth-order valence-electron chi connectivity index (χ4n) is 8.22. The molecule has 3 heterocycles. The van der Waals surface area contributed by atoms with Crippen LogP contribution in [0.3, 0.4) is 0 Å². The second-order valence-corrected chi connectivity index (χ2v) is 14.4. The third-order valence-electron chi connectivity index (χ3n) is 10.5. The van der Waals surface area contributed by atoms with Crippen molar-refractivity contribution in [1.82, 2.24) is 9.13 Å². The number of rotatable bonds is 4. The first-order valence-electron chi connectivity index (χ1n) is 17.4. The molecule has 3 heteroatoms. The molecule has 11 rings (SSSR count). The summed E-state index contributed by atoms with van der Waals surface area (Å²) in [5, 5.41) is 5.11. The molecule has 0 spiro atoms. The topological polar surface area (TPSA) is 9.86 Å². The van der Waals surface area contributed by atoms with Gasteiger partial charge < -0.3 is 9.13 Å². The van der Waals surface area contributed by atoms with Crippen molar-refractivity contribution >= 4 is 55.4 Å². The van der Waals surface area contributed by atoms with E-state index in [2.05, 4.69) is 191 Å². The molecule has 1 aliphatic heterocycles. The summed E-state index contributed by atoms with van der Waals surface area (Å²) in [7, 11) is 0. The third-order valence-corrected chi connectivity index (χ3v) is 11.6. The molecule has 10 aromatic rings. The summed E-state index contributed by atoms with van der Waals surface area (Å²) in [5.74, 6) is 0. The highest BCUT2D eigenvalue weighted by atomic mass is 32.2. The van der Waals surface area contributed by atoms with Crippen LogP contribution in [-0.4, -0.2) is 9.13 Å². The van der Waals surface area contributed by atoms with Gasteiger partial charge in [-0.25, -0.2) is 0 Å². The van der Waals surface area contributed by atoms with E-state index < -0.39 is 0 Å². The van der Waals surface area contributed by atoms with Crippen LogP contribution in [0.4, 0.5) is 0 Å². The lowest BCUT2D eigenvalue weighted by molar-refractivity contribution is 1.09. The molecule has 0 saturated carbocycles. The van der Waals surface area contributed by atoms with Gasteiger partial charge in [0, 0.05) is 37.0 Å². The maximum atomic E-state index is 2.47. The van der Waals surface area contributed by atoms with Crippen molar-refractivity contribution in [2.24, 2.45) is 0 Å². The summed E-state index contributed by atoms with van der Waals surface area (Å²) in [6, 6.07) is 66.6. The molecule has 2 nitrogen and oxygen atoms in total. The highest BCUT2D eigenvalue weighted by Crippen LogP contribution is 2.48. The van der Waals surface area contributed by atoms with E-state index in [0.717, 1.165) is 5.69 Å². The zero-order valence-electron chi connectivity index (χ0n) is 27.6. The monoisotopic (exact) mass is 666 g/mol. The standard InChI is InChI=1S/C48H30N2S/c1-3-11-31(12-4-1)34-23-27-41-39(29-34)40-30-35(32-13-5-2-6-14-32)24-28-42(40)49(41)36-25-21-33(22-26-36)37-15-9-18-44-47(37)38-16-10-20-46-48(38)50(44)43-17-7-8-19-45(43)51-46/h1-30H. The minimum atomic E-state index is 1.15. The van der Waals surface area contributed by atoms with Gasteiger partial charge in [0.05, 0.1) is 27.8 Å². The molecule has 0 unspecified atom stereocenters. The quantitative estimate of drug-likeness (QED) is 0.182. The average molecular weight is 667 g/mol. The Kier molecular flexibility index (Phi) is 6.22. The molecular weight excluding hydrogens is 637 g/mol. The van der Waals surface area contributed by atoms with Crippen LogP contribution in [0.2, 0.25) is 0 Å². The molecule has 0 saturated heterocycles. The SMILES string of the molecule is c1ccc(-c2ccc3c(c2)c2cc(-c4ccccc4)ccc2n3-c2ccc(-c3cccc4c3c3cccc5c3n4-c3ccccc3S5)cc2)cc1. The number of fused-ring (bicyclic) bond motifs is 8. The molecule has 0 fully saturated rings. The van der Waals surface area contributed by atoms with E-state index in [0.29, 0.717) is 0 Å². The number of aromatic nitrogens is 2. The van der Waals surface area contributed by atoms with Crippen LogP contribution in [0.25, 0.3) is 88.4 Å². The van der Waals surface area contributed by atoms with Gasteiger partial charge in [-0.2, -0.15) is 0 Å². The van der Waals surface area contributed by atoms with E-state index >= 15 is 0 Å². The highest BCUT2D eigenvalue weighted by molar-refractivity contribution is 7.99. The zero-order valence-corrected chi connectivity index (χ0v) is 28.4. The number of benzene rings is 8. The van der Waals surface area contributed by atoms with Gasteiger partial charge in [0.1, 0.15) is 0 Å². The summed E-state index contributed by atoms with van der Waals surface area (Å²) in [4.78, 5) is 2.60. The zero-order chi connectivity index (χ0) is 33.5. The van der Waals surface area contributed by atoms with Crippen LogP contribution in [0.5, 0.6) is 0 Å². The second kappa shape index (κ2) is 11.1. The van der Waals surface area contributed by atoms with Crippen molar-refractivity contribution in [2.75, 3.05) is 0 Å². The molecule has 0 radical (unpaired) electrons. The molecule has 0 atom stereocenters. The summed E-state index contributed by atoms with van der Waals surface area (Å²) in [6.45, 7) is 0. The number of para-hydroxylation sites is 2. The number of hydrogen-bond donors (Lipinski definition) is 0. The third kappa shape index (κ3) is 4.32. The maximum absolute atomic E-state index is 2.47. The number of nitrogens with zero attached hydrogens (tertiary/aromatic N) is 2. The molecule has 0 aliphatic carbocycles. The van der Waals surface area contributed by atoms with Crippen molar-refractivity contribution in [3.05, 3.63) is 182 Å². The van der Waals surface area contributed by atoms with Gasteiger partial charge in [-0.3, -0.25) is 0 Å². The Hall–Kier alpha value is -6.29. The molecule has 0 N–H and O–H groups in total. The van der Waals surface area contributed by atoms with E-state index in [4.69, 9.17) is 0 Å². The second-order valence-electron chi connectivity index (χ2n) is 13.3. The van der Waals surface area contributed by atoms with Gasteiger partial charge in [0.15, 0.2) is 0 Å². The lowest BCUT2D eigenvalue weighted by Gasteiger charge is -2.19. The van der Waals surface area contributed by atoms with Crippen molar-refractivity contribution in [1.29, 1.82) is 0 Å². The van der Waals surface area contributed by atoms with E-state index in [1.165, 1.54) is 92.5 Å². The lowest BCUT2D eigenvalue weighted by Crippen LogP contribution is -2.00.